The molecule has 1 atom stereocenters. The zero-order chi connectivity index (χ0) is 13.4. The number of hydrogen-bond donors (Lipinski definition) is 1. The lowest BCUT2D eigenvalue weighted by Crippen LogP contribution is -2.42. The summed E-state index contributed by atoms with van der Waals surface area (Å²) >= 11 is 1.70. The molecule has 1 aromatic heterocycles. The number of amides is 1. The van der Waals surface area contributed by atoms with E-state index in [0.29, 0.717) is 6.54 Å². The highest BCUT2D eigenvalue weighted by molar-refractivity contribution is 7.10. The van der Waals surface area contributed by atoms with Crippen LogP contribution in [0.1, 0.15) is 33.9 Å². The first-order valence-corrected chi connectivity index (χ1v) is 7.31. The first-order chi connectivity index (χ1) is 9.22. The first-order valence-electron chi connectivity index (χ1n) is 6.43. The lowest BCUT2D eigenvalue weighted by atomic mass is 10.1. The van der Waals surface area contributed by atoms with Gasteiger partial charge in [0.25, 0.3) is 5.91 Å². The minimum Gasteiger partial charge on any atom is -0.360 e. The second-order valence-electron chi connectivity index (χ2n) is 4.65. The highest BCUT2D eigenvalue weighted by Gasteiger charge is 2.32. The maximum Gasteiger partial charge on any atom is 0.257 e. The molecular formula is C15H16N2OS. The molecule has 0 aliphatic carbocycles. The predicted molar refractivity (Wildman–Crippen MR) is 78.6 cm³/mol. The van der Waals surface area contributed by atoms with Crippen molar-refractivity contribution in [3.8, 4) is 0 Å². The van der Waals surface area contributed by atoms with Gasteiger partial charge in [0.2, 0.25) is 0 Å². The molecule has 2 heterocycles. The number of para-hydroxylation sites is 1. The Morgan fingerprint density at radius 1 is 1.32 bits per heavy atom. The van der Waals surface area contributed by atoms with Gasteiger partial charge >= 0.3 is 0 Å². The second-order valence-corrected chi connectivity index (χ2v) is 5.60. The average molecular weight is 272 g/mol. The number of benzene rings is 1. The van der Waals surface area contributed by atoms with E-state index in [1.54, 1.807) is 11.3 Å². The third-order valence-electron chi connectivity index (χ3n) is 3.51. The minimum atomic E-state index is -0.0487. The van der Waals surface area contributed by atoms with E-state index >= 15 is 0 Å². The summed E-state index contributed by atoms with van der Waals surface area (Å²) in [6.45, 7) is 4.80. The van der Waals surface area contributed by atoms with Crippen LogP contribution in [0.25, 0.3) is 0 Å². The number of carbonyl (C=O) groups is 1. The second kappa shape index (κ2) is 4.70. The van der Waals surface area contributed by atoms with Crippen molar-refractivity contribution < 1.29 is 4.79 Å². The van der Waals surface area contributed by atoms with Gasteiger partial charge in [-0.3, -0.25) is 4.79 Å². The maximum absolute atomic E-state index is 12.6. The standard InChI is InChI=1S/C15H16N2OS/c1-3-17-14(13-10(2)8-9-19-13)16-12-7-5-4-6-11(12)15(17)18/h4-9,14,16H,3H2,1-2H3. The van der Waals surface area contributed by atoms with Crippen molar-refractivity contribution >= 4 is 22.9 Å². The summed E-state index contributed by atoms with van der Waals surface area (Å²) in [5.74, 6) is 0.106. The summed E-state index contributed by atoms with van der Waals surface area (Å²) in [5, 5.41) is 5.56. The Balaban J connectivity index is 2.08. The molecule has 1 aliphatic rings. The van der Waals surface area contributed by atoms with Crippen LogP contribution in [0.2, 0.25) is 0 Å². The van der Waals surface area contributed by atoms with Crippen LogP contribution in [0.4, 0.5) is 5.69 Å². The molecule has 2 aromatic rings. The number of carbonyl (C=O) groups excluding carboxylic acids is 1. The van der Waals surface area contributed by atoms with Crippen molar-refractivity contribution in [2.24, 2.45) is 0 Å². The Labute approximate surface area is 116 Å². The van der Waals surface area contributed by atoms with Gasteiger partial charge in [0.15, 0.2) is 0 Å². The van der Waals surface area contributed by atoms with Gasteiger partial charge in [-0.1, -0.05) is 12.1 Å². The maximum atomic E-state index is 12.6. The number of rotatable bonds is 2. The monoisotopic (exact) mass is 272 g/mol. The summed E-state index contributed by atoms with van der Waals surface area (Å²) in [5.41, 5.74) is 2.91. The highest BCUT2D eigenvalue weighted by Crippen LogP contribution is 2.36. The van der Waals surface area contributed by atoms with E-state index in [1.165, 1.54) is 10.4 Å². The van der Waals surface area contributed by atoms with Gasteiger partial charge in [-0.2, -0.15) is 0 Å². The van der Waals surface area contributed by atoms with Crippen LogP contribution in [0, 0.1) is 6.92 Å². The van der Waals surface area contributed by atoms with Crippen molar-refractivity contribution in [2.45, 2.75) is 20.0 Å². The molecule has 0 bridgehead atoms. The molecular weight excluding hydrogens is 256 g/mol. The Bertz CT molecular complexity index is 620. The normalized spacial score (nSPS) is 18.1. The minimum absolute atomic E-state index is 0.0487. The SMILES string of the molecule is CCN1C(=O)c2ccccc2NC1c1sccc1C. The quantitative estimate of drug-likeness (QED) is 0.905. The fourth-order valence-corrected chi connectivity index (χ4v) is 3.48. The molecule has 1 unspecified atom stereocenters. The highest BCUT2D eigenvalue weighted by atomic mass is 32.1. The first kappa shape index (κ1) is 12.2. The van der Waals surface area contributed by atoms with Gasteiger partial charge in [0.05, 0.1) is 10.4 Å². The van der Waals surface area contributed by atoms with E-state index in [0.717, 1.165) is 11.3 Å². The lowest BCUT2D eigenvalue weighted by Gasteiger charge is -2.37. The Morgan fingerprint density at radius 3 is 2.79 bits per heavy atom. The summed E-state index contributed by atoms with van der Waals surface area (Å²) < 4.78 is 0. The number of hydrogen-bond acceptors (Lipinski definition) is 3. The molecule has 3 nitrogen and oxygen atoms in total. The van der Waals surface area contributed by atoms with Gasteiger partial charge in [-0.15, -0.1) is 11.3 Å². The third kappa shape index (κ3) is 1.92. The van der Waals surface area contributed by atoms with Gasteiger partial charge in [0, 0.05) is 12.2 Å². The zero-order valence-electron chi connectivity index (χ0n) is 11.0. The third-order valence-corrected chi connectivity index (χ3v) is 4.58. The fraction of sp³-hybridized carbons (Fsp3) is 0.267. The number of fused-ring (bicyclic) bond motifs is 1. The van der Waals surface area contributed by atoms with E-state index in [4.69, 9.17) is 0 Å². The predicted octanol–water partition coefficient (Wildman–Crippen LogP) is 3.64. The van der Waals surface area contributed by atoms with E-state index in [2.05, 4.69) is 23.7 Å². The van der Waals surface area contributed by atoms with Crippen LogP contribution in [-0.4, -0.2) is 17.4 Å². The van der Waals surface area contributed by atoms with Gasteiger partial charge in [0.1, 0.15) is 6.17 Å². The van der Waals surface area contributed by atoms with Gasteiger partial charge < -0.3 is 10.2 Å². The van der Waals surface area contributed by atoms with Crippen LogP contribution in [0.3, 0.4) is 0 Å². The smallest absolute Gasteiger partial charge is 0.257 e. The molecule has 1 aliphatic heterocycles. The van der Waals surface area contributed by atoms with Crippen molar-refractivity contribution in [3.63, 3.8) is 0 Å². The Kier molecular flexibility index (Phi) is 3.03. The average Bonchev–Trinajstić information content (AvgIpc) is 2.85. The van der Waals surface area contributed by atoms with E-state index in [-0.39, 0.29) is 12.1 Å². The molecule has 0 saturated carbocycles. The summed E-state index contributed by atoms with van der Waals surface area (Å²) in [6.07, 6.45) is -0.0487. The van der Waals surface area contributed by atoms with E-state index in [9.17, 15) is 4.79 Å². The molecule has 3 rings (SSSR count). The van der Waals surface area contributed by atoms with Gasteiger partial charge in [-0.05, 0) is 43.0 Å². The molecule has 0 fully saturated rings. The van der Waals surface area contributed by atoms with Crippen molar-refractivity contribution in [1.82, 2.24) is 4.90 Å². The number of anilines is 1. The Morgan fingerprint density at radius 2 is 2.11 bits per heavy atom. The molecule has 0 radical (unpaired) electrons. The van der Waals surface area contributed by atoms with Crippen LogP contribution in [0.5, 0.6) is 0 Å². The molecule has 98 valence electrons. The van der Waals surface area contributed by atoms with E-state index < -0.39 is 0 Å². The molecule has 19 heavy (non-hydrogen) atoms. The summed E-state index contributed by atoms with van der Waals surface area (Å²) in [6, 6.07) is 9.81. The van der Waals surface area contributed by atoms with Crippen LogP contribution in [-0.2, 0) is 0 Å². The summed E-state index contributed by atoms with van der Waals surface area (Å²) in [4.78, 5) is 15.7. The van der Waals surface area contributed by atoms with Crippen LogP contribution < -0.4 is 5.32 Å². The number of thiophene rings is 1. The van der Waals surface area contributed by atoms with E-state index in [1.807, 2.05) is 36.1 Å². The molecule has 1 amide bonds. The molecule has 0 spiro atoms. The van der Waals surface area contributed by atoms with Crippen molar-refractivity contribution in [3.05, 3.63) is 51.7 Å². The zero-order valence-corrected chi connectivity index (χ0v) is 11.8. The number of aryl methyl sites for hydroxylation is 1. The molecule has 0 saturated heterocycles. The van der Waals surface area contributed by atoms with Gasteiger partial charge in [-0.25, -0.2) is 0 Å². The summed E-state index contributed by atoms with van der Waals surface area (Å²) in [7, 11) is 0. The van der Waals surface area contributed by atoms with Crippen molar-refractivity contribution in [2.75, 3.05) is 11.9 Å². The van der Waals surface area contributed by atoms with Crippen LogP contribution >= 0.6 is 11.3 Å². The Hall–Kier alpha value is -1.81. The van der Waals surface area contributed by atoms with Crippen LogP contribution in [0.15, 0.2) is 35.7 Å². The fourth-order valence-electron chi connectivity index (χ4n) is 2.49. The largest absolute Gasteiger partial charge is 0.360 e. The number of nitrogens with zero attached hydrogens (tertiary/aromatic N) is 1. The topological polar surface area (TPSA) is 32.3 Å². The molecule has 1 aromatic carbocycles. The lowest BCUT2D eigenvalue weighted by molar-refractivity contribution is 0.0697. The number of nitrogens with one attached hydrogen (secondary N) is 1. The molecule has 4 heteroatoms. The molecule has 1 N–H and O–H groups in total. The van der Waals surface area contributed by atoms with Crippen molar-refractivity contribution in [1.29, 1.82) is 0 Å².